The van der Waals surface area contributed by atoms with Gasteiger partial charge < -0.3 is 0 Å². The van der Waals surface area contributed by atoms with Crippen molar-refractivity contribution in [3.05, 3.63) is 215 Å². The average molecular weight is 623 g/mol. The van der Waals surface area contributed by atoms with Crippen molar-refractivity contribution >= 4 is 10.8 Å². The van der Waals surface area contributed by atoms with E-state index in [4.69, 9.17) is 0 Å². The molecule has 0 aromatic heterocycles. The Morgan fingerprint density at radius 2 is 0.959 bits per heavy atom. The predicted molar refractivity (Wildman–Crippen MR) is 205 cm³/mol. The normalized spacial score (nSPS) is 13.1. The molecule has 0 saturated carbocycles. The van der Waals surface area contributed by atoms with Gasteiger partial charge in [-0.15, -0.1) is 0 Å². The van der Waals surface area contributed by atoms with Crippen LogP contribution < -0.4 is 0 Å². The van der Waals surface area contributed by atoms with Crippen LogP contribution in [-0.4, -0.2) is 0 Å². The Morgan fingerprint density at radius 3 is 1.82 bits per heavy atom. The van der Waals surface area contributed by atoms with Crippen LogP contribution in [0.1, 0.15) is 44.9 Å². The van der Waals surface area contributed by atoms with E-state index in [-0.39, 0.29) is 5.92 Å². The highest BCUT2D eigenvalue weighted by Gasteiger charge is 2.29. The molecule has 8 aromatic rings. The van der Waals surface area contributed by atoms with Crippen LogP contribution >= 0.6 is 0 Å². The van der Waals surface area contributed by atoms with E-state index in [0.717, 1.165) is 12.8 Å². The molecule has 49 heavy (non-hydrogen) atoms. The Hall–Kier alpha value is -5.98. The highest BCUT2D eigenvalue weighted by Crippen LogP contribution is 2.50. The summed E-state index contributed by atoms with van der Waals surface area (Å²) in [5.41, 5.74) is 20.5. The number of hydrogen-bond acceptors (Lipinski definition) is 0. The molecule has 1 unspecified atom stereocenters. The molecule has 10 rings (SSSR count). The van der Waals surface area contributed by atoms with Gasteiger partial charge in [0.25, 0.3) is 0 Å². The maximum atomic E-state index is 2.50. The molecule has 2 aliphatic carbocycles. The lowest BCUT2D eigenvalue weighted by Gasteiger charge is -2.20. The summed E-state index contributed by atoms with van der Waals surface area (Å²) in [5, 5.41) is 2.65. The molecule has 0 saturated heterocycles. The lowest BCUT2D eigenvalue weighted by atomic mass is 9.83. The van der Waals surface area contributed by atoms with Crippen LogP contribution in [0.25, 0.3) is 55.3 Å². The molecule has 230 valence electrons. The van der Waals surface area contributed by atoms with Crippen molar-refractivity contribution in [3.63, 3.8) is 0 Å². The van der Waals surface area contributed by atoms with Crippen molar-refractivity contribution in [2.75, 3.05) is 0 Å². The number of rotatable bonds is 5. The van der Waals surface area contributed by atoms with E-state index in [1.807, 2.05) is 0 Å². The van der Waals surface area contributed by atoms with Gasteiger partial charge in [0.1, 0.15) is 0 Å². The first-order valence-corrected chi connectivity index (χ1v) is 17.4. The van der Waals surface area contributed by atoms with E-state index in [1.165, 1.54) is 94.2 Å². The number of hydrogen-bond donors (Lipinski definition) is 0. The van der Waals surface area contributed by atoms with E-state index >= 15 is 0 Å². The maximum absolute atomic E-state index is 2.50. The Labute approximate surface area is 288 Å². The lowest BCUT2D eigenvalue weighted by molar-refractivity contribution is 0.973. The van der Waals surface area contributed by atoms with Crippen LogP contribution in [0.3, 0.4) is 0 Å². The third-order valence-corrected chi connectivity index (χ3v) is 10.9. The van der Waals surface area contributed by atoms with Crippen LogP contribution in [0.15, 0.2) is 176 Å². The van der Waals surface area contributed by atoms with Crippen LogP contribution in [0, 0.1) is 0 Å². The molecule has 0 heterocycles. The molecular weight excluding hydrogens is 589 g/mol. The summed E-state index contributed by atoms with van der Waals surface area (Å²) < 4.78 is 0. The Bertz CT molecular complexity index is 2520. The van der Waals surface area contributed by atoms with Crippen LogP contribution in [-0.2, 0) is 12.8 Å². The van der Waals surface area contributed by atoms with E-state index in [2.05, 4.69) is 176 Å². The monoisotopic (exact) mass is 622 g/mol. The zero-order chi connectivity index (χ0) is 32.3. The average Bonchev–Trinajstić information content (AvgIpc) is 3.73. The quantitative estimate of drug-likeness (QED) is 0.168. The van der Waals surface area contributed by atoms with Crippen molar-refractivity contribution in [3.8, 4) is 44.5 Å². The van der Waals surface area contributed by atoms with Gasteiger partial charge in [0, 0.05) is 5.92 Å². The number of fused-ring (bicyclic) bond motifs is 7. The molecule has 0 bridgehead atoms. The zero-order valence-electron chi connectivity index (χ0n) is 27.2. The summed E-state index contributed by atoms with van der Waals surface area (Å²) in [7, 11) is 0. The topological polar surface area (TPSA) is 0 Å². The van der Waals surface area contributed by atoms with Crippen molar-refractivity contribution < 1.29 is 0 Å². The van der Waals surface area contributed by atoms with Gasteiger partial charge in [-0.3, -0.25) is 0 Å². The molecule has 0 fully saturated rings. The summed E-state index contributed by atoms with van der Waals surface area (Å²) in [6.07, 6.45) is 1.92. The summed E-state index contributed by atoms with van der Waals surface area (Å²) in [5.74, 6) is 0.148. The molecule has 0 heteroatoms. The fourth-order valence-corrected chi connectivity index (χ4v) is 8.63. The Kier molecular flexibility index (Phi) is 6.49. The Balaban J connectivity index is 1.10. The molecule has 8 aromatic carbocycles. The van der Waals surface area contributed by atoms with Gasteiger partial charge in [-0.25, -0.2) is 0 Å². The van der Waals surface area contributed by atoms with Gasteiger partial charge in [0.2, 0.25) is 0 Å². The van der Waals surface area contributed by atoms with Gasteiger partial charge >= 0.3 is 0 Å². The maximum Gasteiger partial charge on any atom is 0.0340 e. The first-order chi connectivity index (χ1) is 24.3. The summed E-state index contributed by atoms with van der Waals surface area (Å²) >= 11 is 0. The van der Waals surface area contributed by atoms with Crippen LogP contribution in [0.5, 0.6) is 0 Å². The summed E-state index contributed by atoms with van der Waals surface area (Å²) in [6, 6.07) is 65.4. The zero-order valence-corrected chi connectivity index (χ0v) is 27.2. The van der Waals surface area contributed by atoms with Gasteiger partial charge in [0.05, 0.1) is 0 Å². The lowest BCUT2D eigenvalue weighted by Crippen LogP contribution is -2.04. The van der Waals surface area contributed by atoms with E-state index in [0.29, 0.717) is 0 Å². The second kappa shape index (κ2) is 11.3. The van der Waals surface area contributed by atoms with Gasteiger partial charge in [-0.1, -0.05) is 170 Å². The predicted octanol–water partition coefficient (Wildman–Crippen LogP) is 12.5. The van der Waals surface area contributed by atoms with Gasteiger partial charge in [-0.2, -0.15) is 0 Å². The van der Waals surface area contributed by atoms with E-state index in [9.17, 15) is 0 Å². The third-order valence-electron chi connectivity index (χ3n) is 10.9. The minimum atomic E-state index is 0.148. The van der Waals surface area contributed by atoms with E-state index in [1.54, 1.807) is 0 Å². The van der Waals surface area contributed by atoms with Gasteiger partial charge in [-0.05, 0) is 113 Å². The minimum Gasteiger partial charge on any atom is -0.0622 e. The molecular formula is C49H34. The molecule has 0 aliphatic heterocycles. The van der Waals surface area contributed by atoms with E-state index < -0.39 is 0 Å². The van der Waals surface area contributed by atoms with Crippen molar-refractivity contribution in [1.29, 1.82) is 0 Å². The smallest absolute Gasteiger partial charge is 0.0340 e. The largest absolute Gasteiger partial charge is 0.0622 e. The second-order valence-corrected chi connectivity index (χ2v) is 13.6. The highest BCUT2D eigenvalue weighted by atomic mass is 14.3. The molecule has 0 amide bonds. The SMILES string of the molecule is c1ccc(-c2ccc(C(c3ccccc3)c3ccc4c(c3)Cc3c-4cc4ccccc4c3-c3cccc4c3Cc3ccccc3-4)cc2)cc1. The van der Waals surface area contributed by atoms with Crippen molar-refractivity contribution in [2.45, 2.75) is 18.8 Å². The fraction of sp³-hybridized carbons (Fsp3) is 0.0612. The summed E-state index contributed by atoms with van der Waals surface area (Å²) in [6.45, 7) is 0. The third kappa shape index (κ3) is 4.60. The summed E-state index contributed by atoms with van der Waals surface area (Å²) in [4.78, 5) is 0. The standard InChI is InChI=1S/C49H34/c1-3-12-32(13-4-1)33-22-24-35(25-23-33)48(34-14-5-2-6-15-34)38-26-27-41-39(28-38)31-47-45(41)30-37-17-8-10-19-42(37)49(47)44-21-11-20-43-40-18-9-7-16-36(40)29-46(43)44/h1-28,30,48H,29,31H2. The second-order valence-electron chi connectivity index (χ2n) is 13.6. The minimum absolute atomic E-state index is 0.148. The van der Waals surface area contributed by atoms with Crippen molar-refractivity contribution in [2.24, 2.45) is 0 Å². The first kappa shape index (κ1) is 28.1. The molecule has 1 atom stereocenters. The van der Waals surface area contributed by atoms with Crippen LogP contribution in [0.2, 0.25) is 0 Å². The highest BCUT2D eigenvalue weighted by molar-refractivity contribution is 6.06. The fourth-order valence-electron chi connectivity index (χ4n) is 8.63. The number of benzene rings is 8. The van der Waals surface area contributed by atoms with Gasteiger partial charge in [0.15, 0.2) is 0 Å². The molecule has 0 nitrogen and oxygen atoms in total. The Morgan fingerprint density at radius 1 is 0.347 bits per heavy atom. The molecule has 0 N–H and O–H groups in total. The first-order valence-electron chi connectivity index (χ1n) is 17.4. The molecule has 2 aliphatic rings. The van der Waals surface area contributed by atoms with Crippen LogP contribution in [0.4, 0.5) is 0 Å². The molecule has 0 radical (unpaired) electrons. The van der Waals surface area contributed by atoms with Crippen molar-refractivity contribution in [1.82, 2.24) is 0 Å². The molecule has 0 spiro atoms.